The Bertz CT molecular complexity index is 203. The highest BCUT2D eigenvalue weighted by Crippen LogP contribution is 2.11. The fraction of sp³-hybridized carbons (Fsp3) is 0.571. The smallest absolute Gasteiger partial charge is 0.0815 e. The zero-order valence-corrected chi connectivity index (χ0v) is 6.21. The molecule has 0 aromatic carbocycles. The largest absolute Gasteiger partial charge is 0.378 e. The molecule has 1 fully saturated rings. The van der Waals surface area contributed by atoms with Gasteiger partial charge in [-0.1, -0.05) is 0 Å². The lowest BCUT2D eigenvalue weighted by Crippen LogP contribution is -2.34. The molecule has 1 aliphatic heterocycles. The normalized spacial score (nSPS) is 25.3. The molecule has 0 radical (unpaired) electrons. The summed E-state index contributed by atoms with van der Waals surface area (Å²) in [5.41, 5.74) is 1.03. The van der Waals surface area contributed by atoms with Crippen LogP contribution in [-0.2, 0) is 4.74 Å². The molecule has 4 nitrogen and oxygen atoms in total. The van der Waals surface area contributed by atoms with Crippen LogP contribution in [0.25, 0.3) is 0 Å². The summed E-state index contributed by atoms with van der Waals surface area (Å²) in [6, 6.07) is 2.24. The van der Waals surface area contributed by atoms with E-state index in [0.717, 1.165) is 25.5 Å². The molecule has 2 rings (SSSR count). The van der Waals surface area contributed by atoms with Crippen LogP contribution in [0.4, 0.5) is 0 Å². The molecule has 4 heteroatoms. The first-order valence-electron chi connectivity index (χ1n) is 3.77. The number of H-pyrrole nitrogens is 1. The Hall–Kier alpha value is -0.870. The Kier molecular flexibility index (Phi) is 1.87. The van der Waals surface area contributed by atoms with Gasteiger partial charge in [-0.3, -0.25) is 5.10 Å². The maximum absolute atomic E-state index is 5.29. The van der Waals surface area contributed by atoms with Crippen molar-refractivity contribution < 1.29 is 4.74 Å². The van der Waals surface area contributed by atoms with Gasteiger partial charge in [-0.2, -0.15) is 5.10 Å². The highest BCUT2D eigenvalue weighted by molar-refractivity contribution is 5.04. The second kappa shape index (κ2) is 3.02. The van der Waals surface area contributed by atoms with Crippen molar-refractivity contribution in [3.05, 3.63) is 18.0 Å². The average molecular weight is 153 g/mol. The van der Waals surface area contributed by atoms with Crippen LogP contribution in [0.1, 0.15) is 11.7 Å². The lowest BCUT2D eigenvalue weighted by Gasteiger charge is -2.21. The van der Waals surface area contributed by atoms with E-state index in [4.69, 9.17) is 4.74 Å². The minimum Gasteiger partial charge on any atom is -0.378 e. The second-order valence-electron chi connectivity index (χ2n) is 2.58. The maximum atomic E-state index is 5.29. The maximum Gasteiger partial charge on any atom is 0.0815 e. The highest BCUT2D eigenvalue weighted by atomic mass is 16.5. The number of ether oxygens (including phenoxy) is 1. The molecule has 1 aliphatic rings. The summed E-state index contributed by atoms with van der Waals surface area (Å²) in [7, 11) is 0. The Balaban J connectivity index is 2.04. The molecule has 1 aromatic rings. The number of nitrogens with zero attached hydrogens (tertiary/aromatic N) is 1. The van der Waals surface area contributed by atoms with Crippen molar-refractivity contribution in [2.75, 3.05) is 19.8 Å². The van der Waals surface area contributed by atoms with Gasteiger partial charge in [0, 0.05) is 12.7 Å². The van der Waals surface area contributed by atoms with Crippen LogP contribution in [0.5, 0.6) is 0 Å². The minimum absolute atomic E-state index is 0.273. The molecule has 1 atom stereocenters. The van der Waals surface area contributed by atoms with Crippen molar-refractivity contribution in [3.63, 3.8) is 0 Å². The average Bonchev–Trinajstić information content (AvgIpc) is 2.58. The van der Waals surface area contributed by atoms with E-state index in [-0.39, 0.29) is 6.04 Å². The first kappa shape index (κ1) is 6.82. The van der Waals surface area contributed by atoms with Crippen LogP contribution in [-0.4, -0.2) is 30.0 Å². The van der Waals surface area contributed by atoms with E-state index in [1.807, 2.05) is 12.3 Å². The summed E-state index contributed by atoms with van der Waals surface area (Å²) in [4.78, 5) is 0. The van der Waals surface area contributed by atoms with Crippen molar-refractivity contribution in [3.8, 4) is 0 Å². The number of hydrogen-bond acceptors (Lipinski definition) is 3. The third-order valence-electron chi connectivity index (χ3n) is 1.80. The summed E-state index contributed by atoms with van der Waals surface area (Å²) in [6.45, 7) is 2.45. The second-order valence-corrected chi connectivity index (χ2v) is 2.58. The Labute approximate surface area is 64.9 Å². The van der Waals surface area contributed by atoms with Gasteiger partial charge in [-0.25, -0.2) is 0 Å². The lowest BCUT2D eigenvalue weighted by molar-refractivity contribution is 0.0756. The summed E-state index contributed by atoms with van der Waals surface area (Å²) in [5.74, 6) is 0. The van der Waals surface area contributed by atoms with Gasteiger partial charge in [0.05, 0.1) is 24.9 Å². The van der Waals surface area contributed by atoms with Gasteiger partial charge in [-0.05, 0) is 6.07 Å². The third-order valence-corrected chi connectivity index (χ3v) is 1.80. The van der Waals surface area contributed by atoms with E-state index in [1.54, 1.807) is 0 Å². The molecule has 60 valence electrons. The molecular weight excluding hydrogens is 142 g/mol. The zero-order chi connectivity index (χ0) is 7.52. The molecule has 0 spiro atoms. The standard InChI is InChI=1S/C7H11N3O/c1-2-9-10-6(1)7-5-11-4-3-8-7/h1-2,7-8H,3-5H2,(H,9,10). The van der Waals surface area contributed by atoms with E-state index in [1.165, 1.54) is 0 Å². The number of rotatable bonds is 1. The fourth-order valence-electron chi connectivity index (χ4n) is 1.22. The van der Waals surface area contributed by atoms with Crippen molar-refractivity contribution in [2.24, 2.45) is 0 Å². The topological polar surface area (TPSA) is 49.9 Å². The van der Waals surface area contributed by atoms with Crippen molar-refractivity contribution in [2.45, 2.75) is 6.04 Å². The number of aromatic nitrogens is 2. The third kappa shape index (κ3) is 1.41. The first-order valence-corrected chi connectivity index (χ1v) is 3.77. The first-order chi connectivity index (χ1) is 5.47. The van der Waals surface area contributed by atoms with E-state index in [0.29, 0.717) is 0 Å². The Morgan fingerprint density at radius 3 is 3.27 bits per heavy atom. The predicted octanol–water partition coefficient (Wildman–Crippen LogP) is 0.0706. The molecule has 2 N–H and O–H groups in total. The van der Waals surface area contributed by atoms with E-state index in [2.05, 4.69) is 15.5 Å². The van der Waals surface area contributed by atoms with Crippen molar-refractivity contribution in [1.29, 1.82) is 0 Å². The highest BCUT2D eigenvalue weighted by Gasteiger charge is 2.15. The van der Waals surface area contributed by atoms with Gasteiger partial charge in [0.1, 0.15) is 0 Å². The monoisotopic (exact) mass is 153 g/mol. The van der Waals surface area contributed by atoms with Gasteiger partial charge in [0.2, 0.25) is 0 Å². The lowest BCUT2D eigenvalue weighted by atomic mass is 10.2. The van der Waals surface area contributed by atoms with Gasteiger partial charge < -0.3 is 10.1 Å². The fourth-order valence-corrected chi connectivity index (χ4v) is 1.22. The molecule has 2 heterocycles. The molecule has 0 amide bonds. The quantitative estimate of drug-likeness (QED) is 0.600. The molecule has 0 aliphatic carbocycles. The molecular formula is C7H11N3O. The van der Waals surface area contributed by atoms with Crippen LogP contribution in [0, 0.1) is 0 Å². The number of nitrogens with one attached hydrogen (secondary N) is 2. The van der Waals surface area contributed by atoms with Crippen LogP contribution < -0.4 is 5.32 Å². The van der Waals surface area contributed by atoms with Gasteiger partial charge >= 0.3 is 0 Å². The summed E-state index contributed by atoms with van der Waals surface area (Å²) in [5, 5.41) is 10.2. The molecule has 1 aromatic heterocycles. The van der Waals surface area contributed by atoms with Crippen molar-refractivity contribution >= 4 is 0 Å². The number of hydrogen-bond donors (Lipinski definition) is 2. The van der Waals surface area contributed by atoms with Crippen LogP contribution in [0.2, 0.25) is 0 Å². The van der Waals surface area contributed by atoms with E-state index in [9.17, 15) is 0 Å². The van der Waals surface area contributed by atoms with Gasteiger partial charge in [-0.15, -0.1) is 0 Å². The van der Waals surface area contributed by atoms with Crippen molar-refractivity contribution in [1.82, 2.24) is 15.5 Å². The van der Waals surface area contributed by atoms with Gasteiger partial charge in [0.25, 0.3) is 0 Å². The number of morpholine rings is 1. The summed E-state index contributed by atoms with van der Waals surface area (Å²) >= 11 is 0. The molecule has 1 unspecified atom stereocenters. The van der Waals surface area contributed by atoms with Crippen LogP contribution >= 0.6 is 0 Å². The Morgan fingerprint density at radius 2 is 2.64 bits per heavy atom. The molecule has 11 heavy (non-hydrogen) atoms. The summed E-state index contributed by atoms with van der Waals surface area (Å²) < 4.78 is 5.29. The van der Waals surface area contributed by atoms with Gasteiger partial charge in [0.15, 0.2) is 0 Å². The molecule has 0 saturated carbocycles. The summed E-state index contributed by atoms with van der Waals surface area (Å²) in [6.07, 6.45) is 1.83. The molecule has 1 saturated heterocycles. The Morgan fingerprint density at radius 1 is 1.64 bits per heavy atom. The molecule has 0 bridgehead atoms. The van der Waals surface area contributed by atoms with Crippen LogP contribution in [0.3, 0.4) is 0 Å². The number of aromatic amines is 1. The zero-order valence-electron chi connectivity index (χ0n) is 6.21. The van der Waals surface area contributed by atoms with E-state index < -0.39 is 0 Å². The SMILES string of the molecule is c1cc(C2COCCN2)n[nH]1. The van der Waals surface area contributed by atoms with Crippen LogP contribution in [0.15, 0.2) is 12.3 Å². The minimum atomic E-state index is 0.273. The predicted molar refractivity (Wildman–Crippen MR) is 40.2 cm³/mol. The van der Waals surface area contributed by atoms with E-state index >= 15 is 0 Å².